The van der Waals surface area contributed by atoms with Crippen LogP contribution in [0.25, 0.3) is 17.1 Å². The molecule has 0 fully saturated rings. The fraction of sp³-hybridized carbons (Fsp3) is 0.292. The van der Waals surface area contributed by atoms with Gasteiger partial charge in [-0.3, -0.25) is 14.3 Å². The zero-order valence-electron chi connectivity index (χ0n) is 21.1. The van der Waals surface area contributed by atoms with Crippen molar-refractivity contribution in [2.45, 2.75) is 26.0 Å². The van der Waals surface area contributed by atoms with Gasteiger partial charge in [0.1, 0.15) is 28.8 Å². The van der Waals surface area contributed by atoms with Crippen LogP contribution in [0.5, 0.6) is 11.5 Å². The van der Waals surface area contributed by atoms with Gasteiger partial charge in [0.25, 0.3) is 0 Å². The number of aromatic nitrogens is 4. The zero-order valence-corrected chi connectivity index (χ0v) is 21.9. The van der Waals surface area contributed by atoms with Gasteiger partial charge in [0.2, 0.25) is 16.0 Å². The number of aliphatic imine (C=N–C) groups is 2. The second kappa shape index (κ2) is 11.7. The number of nitrogens with one attached hydrogen (secondary N) is 1. The minimum atomic E-state index is -4.10. The lowest BCUT2D eigenvalue weighted by Crippen LogP contribution is -2.35. The molecule has 13 heteroatoms. The Morgan fingerprint density at radius 1 is 1.16 bits per heavy atom. The smallest absolute Gasteiger partial charge is 0.243 e. The number of sulfonamides is 1. The fourth-order valence-corrected chi connectivity index (χ4v) is 4.68. The molecule has 0 saturated carbocycles. The molecule has 0 unspecified atom stereocenters. The highest BCUT2D eigenvalue weighted by atomic mass is 32.2. The Morgan fingerprint density at radius 2 is 1.84 bits per heavy atom. The molecule has 11 nitrogen and oxygen atoms in total. The van der Waals surface area contributed by atoms with E-state index in [-0.39, 0.29) is 11.8 Å². The van der Waals surface area contributed by atoms with Gasteiger partial charge in [0, 0.05) is 23.9 Å². The summed E-state index contributed by atoms with van der Waals surface area (Å²) < 4.78 is 55.2. The number of rotatable bonds is 10. The van der Waals surface area contributed by atoms with E-state index in [9.17, 15) is 12.8 Å². The molecule has 0 saturated heterocycles. The maximum absolute atomic E-state index is 13.5. The van der Waals surface area contributed by atoms with Crippen LogP contribution in [0.3, 0.4) is 0 Å². The largest absolute Gasteiger partial charge is 0.494 e. The summed E-state index contributed by atoms with van der Waals surface area (Å²) in [6.45, 7) is 7.73. The second-order valence-corrected chi connectivity index (χ2v) is 9.98. The van der Waals surface area contributed by atoms with E-state index < -0.39 is 27.0 Å². The third-order valence-corrected chi connectivity index (χ3v) is 7.43. The van der Waals surface area contributed by atoms with Gasteiger partial charge in [-0.1, -0.05) is 13.0 Å². The molecule has 2 heterocycles. The lowest BCUT2D eigenvalue weighted by Gasteiger charge is -2.21. The monoisotopic (exact) mass is 529 g/mol. The van der Waals surface area contributed by atoms with Crippen LogP contribution in [0.15, 0.2) is 64.7 Å². The van der Waals surface area contributed by atoms with Crippen LogP contribution in [0.4, 0.5) is 10.3 Å². The number of methoxy groups -OCH3 is 2. The van der Waals surface area contributed by atoms with E-state index in [1.165, 1.54) is 32.6 Å². The van der Waals surface area contributed by atoms with Gasteiger partial charge in [-0.25, -0.2) is 22.8 Å². The van der Waals surface area contributed by atoms with E-state index in [0.29, 0.717) is 28.6 Å². The highest BCUT2D eigenvalue weighted by Gasteiger charge is 2.32. The van der Waals surface area contributed by atoms with Crippen molar-refractivity contribution in [2.24, 2.45) is 15.9 Å². The lowest BCUT2D eigenvalue weighted by atomic mass is 10.1. The molecule has 3 rings (SSSR count). The molecule has 0 aliphatic heterocycles. The van der Waals surface area contributed by atoms with Crippen molar-refractivity contribution in [1.29, 1.82) is 0 Å². The normalized spacial score (nSPS) is 14.1. The van der Waals surface area contributed by atoms with Crippen molar-refractivity contribution in [2.75, 3.05) is 18.9 Å². The first-order valence-corrected chi connectivity index (χ1v) is 12.6. The molecule has 1 aromatic carbocycles. The van der Waals surface area contributed by atoms with Crippen LogP contribution < -0.4 is 14.2 Å². The summed E-state index contributed by atoms with van der Waals surface area (Å²) in [5.74, 6) is -0.240. The van der Waals surface area contributed by atoms with Crippen molar-refractivity contribution in [3.63, 3.8) is 0 Å². The van der Waals surface area contributed by atoms with Crippen molar-refractivity contribution < 1.29 is 22.3 Å². The topological polar surface area (TPSA) is 133 Å². The average Bonchev–Trinajstić information content (AvgIpc) is 3.30. The number of benzene rings is 1. The summed E-state index contributed by atoms with van der Waals surface area (Å²) in [6, 6.07) is 8.62. The minimum absolute atomic E-state index is 0.0683. The Bertz CT molecular complexity index is 1400. The summed E-state index contributed by atoms with van der Waals surface area (Å²) in [7, 11) is -1.13. The number of amidine groups is 1. The third kappa shape index (κ3) is 6.00. The van der Waals surface area contributed by atoms with Crippen LogP contribution >= 0.6 is 0 Å². The first-order chi connectivity index (χ1) is 17.6. The van der Waals surface area contributed by atoms with Crippen LogP contribution in [0.1, 0.15) is 20.8 Å². The molecule has 1 N–H and O–H groups in total. The lowest BCUT2D eigenvalue weighted by molar-refractivity contribution is 0.391. The molecule has 0 aliphatic carbocycles. The quantitative estimate of drug-likeness (QED) is 0.309. The van der Waals surface area contributed by atoms with Crippen molar-refractivity contribution in [3.8, 4) is 28.6 Å². The maximum Gasteiger partial charge on any atom is 0.243 e. The number of halogens is 1. The van der Waals surface area contributed by atoms with E-state index in [0.717, 1.165) is 6.20 Å². The molecular weight excluding hydrogens is 501 g/mol. The molecule has 0 radical (unpaired) electrons. The molecule has 2 atom stereocenters. The summed E-state index contributed by atoms with van der Waals surface area (Å²) in [5, 5.41) is 7.31. The highest BCUT2D eigenvalue weighted by Crippen LogP contribution is 2.37. The number of pyridine rings is 1. The van der Waals surface area contributed by atoms with Gasteiger partial charge in [-0.2, -0.15) is 0 Å². The molecule has 0 aliphatic rings. The average molecular weight is 530 g/mol. The number of hydrogen-bond donors (Lipinski definition) is 1. The van der Waals surface area contributed by atoms with Crippen molar-refractivity contribution in [1.82, 2.24) is 19.7 Å². The van der Waals surface area contributed by atoms with Crippen LogP contribution in [0.2, 0.25) is 0 Å². The Kier molecular flexibility index (Phi) is 8.71. The summed E-state index contributed by atoms with van der Waals surface area (Å²) in [5.41, 5.74) is 0.960. The summed E-state index contributed by atoms with van der Waals surface area (Å²) in [6.07, 6.45) is 4.13. The first-order valence-electron chi connectivity index (χ1n) is 11.1. The van der Waals surface area contributed by atoms with E-state index in [1.54, 1.807) is 49.6 Å². The Labute approximate surface area is 214 Å². The second-order valence-electron chi connectivity index (χ2n) is 7.94. The fourth-order valence-electron chi connectivity index (χ4n) is 3.45. The summed E-state index contributed by atoms with van der Waals surface area (Å²) in [4.78, 5) is 11.8. The predicted octanol–water partition coefficient (Wildman–Crippen LogP) is 4.04. The van der Waals surface area contributed by atoms with Gasteiger partial charge in [0.05, 0.1) is 25.7 Å². The van der Waals surface area contributed by atoms with E-state index in [4.69, 9.17) is 9.47 Å². The number of ether oxygens (including phenoxy) is 2. The Hall–Kier alpha value is -4.13. The molecule has 196 valence electrons. The maximum atomic E-state index is 13.5. The molecular formula is C24H28FN7O4S. The number of hydrogen-bond acceptors (Lipinski definition) is 8. The summed E-state index contributed by atoms with van der Waals surface area (Å²) >= 11 is 0. The molecule has 3 aromatic rings. The van der Waals surface area contributed by atoms with Gasteiger partial charge in [0.15, 0.2) is 5.82 Å². The van der Waals surface area contributed by atoms with E-state index >= 15 is 0 Å². The molecule has 0 spiro atoms. The van der Waals surface area contributed by atoms with Crippen LogP contribution in [-0.2, 0) is 10.0 Å². The third-order valence-electron chi connectivity index (χ3n) is 5.58. The number of nitrogens with zero attached hydrogens (tertiary/aromatic N) is 6. The molecule has 2 aromatic heterocycles. The molecule has 0 amide bonds. The molecule has 0 bridgehead atoms. The Morgan fingerprint density at radius 3 is 2.38 bits per heavy atom. The zero-order chi connectivity index (χ0) is 27.2. The SMILES string of the molecule is C=N/C(=N\C=C(/C)F)[C@H](C)[C@@H](C)S(=O)(=O)Nc1nnc(-c2cccnc2)n1-c1c(OC)cccc1OC. The van der Waals surface area contributed by atoms with Crippen molar-refractivity contribution >= 4 is 28.5 Å². The van der Waals surface area contributed by atoms with Crippen LogP contribution in [0, 0.1) is 5.92 Å². The Balaban J connectivity index is 2.14. The minimum Gasteiger partial charge on any atom is -0.494 e. The number of para-hydroxylation sites is 1. The standard InChI is InChI=1S/C24H28FN7O4S/c1-15(25)13-28-22(26-4)16(2)17(3)37(33,34)31-24-30-29-23(18-9-8-12-27-14-18)32(24)21-19(35-5)10-7-11-20(21)36-6/h7-14,16-17H,4H2,1-3,5-6H3,(H,30,31)/b15-13+,28-22-/t16-,17-/m1/s1. The van der Waals surface area contributed by atoms with Crippen LogP contribution in [-0.4, -0.2) is 60.2 Å². The first kappa shape index (κ1) is 27.5. The molecule has 37 heavy (non-hydrogen) atoms. The van der Waals surface area contributed by atoms with E-state index in [2.05, 4.69) is 36.6 Å². The van der Waals surface area contributed by atoms with Gasteiger partial charge >= 0.3 is 0 Å². The van der Waals surface area contributed by atoms with E-state index in [1.807, 2.05) is 0 Å². The van der Waals surface area contributed by atoms with Gasteiger partial charge < -0.3 is 9.47 Å². The van der Waals surface area contributed by atoms with Gasteiger partial charge in [-0.15, -0.1) is 10.2 Å². The number of allylic oxidation sites excluding steroid dienone is 1. The predicted molar refractivity (Wildman–Crippen MR) is 141 cm³/mol. The van der Waals surface area contributed by atoms with Gasteiger partial charge in [-0.05, 0) is 44.8 Å². The number of anilines is 1. The van der Waals surface area contributed by atoms with Crippen molar-refractivity contribution in [3.05, 3.63) is 54.8 Å². The highest BCUT2D eigenvalue weighted by molar-refractivity contribution is 7.93.